The van der Waals surface area contributed by atoms with Crippen molar-refractivity contribution in [1.29, 1.82) is 0 Å². The fraction of sp³-hybridized carbons (Fsp3) is 0.231. The number of sulfonamides is 1. The summed E-state index contributed by atoms with van der Waals surface area (Å²) in [6.07, 6.45) is 0. The minimum Gasteiger partial charge on any atom is -0.357 e. The van der Waals surface area contributed by atoms with Gasteiger partial charge in [-0.1, -0.05) is 64.0 Å². The van der Waals surface area contributed by atoms with Gasteiger partial charge in [0.25, 0.3) is 10.0 Å². The summed E-state index contributed by atoms with van der Waals surface area (Å²) in [5, 5.41) is 2.57. The van der Waals surface area contributed by atoms with Gasteiger partial charge in [-0.15, -0.1) is 0 Å². The minimum absolute atomic E-state index is 0.0820. The number of amides is 2. The molecule has 0 aliphatic rings. The molecule has 9 heteroatoms. The van der Waals surface area contributed by atoms with Crippen LogP contribution in [0.4, 0.5) is 5.69 Å². The van der Waals surface area contributed by atoms with Crippen LogP contribution in [0, 0.1) is 6.92 Å². The lowest BCUT2D eigenvalue weighted by molar-refractivity contribution is -0.139. The first-order valence-corrected chi connectivity index (χ1v) is 13.3. The highest BCUT2D eigenvalue weighted by molar-refractivity contribution is 9.10. The summed E-state index contributed by atoms with van der Waals surface area (Å²) in [4.78, 5) is 27.6. The minimum atomic E-state index is -4.05. The van der Waals surface area contributed by atoms with Gasteiger partial charge in [-0.25, -0.2) is 8.42 Å². The molecule has 0 saturated carbocycles. The second kappa shape index (κ2) is 11.5. The molecule has 1 atom stereocenters. The van der Waals surface area contributed by atoms with Crippen LogP contribution in [0.15, 0.2) is 88.2 Å². The highest BCUT2D eigenvalue weighted by Gasteiger charge is 2.32. The molecule has 0 aromatic heterocycles. The monoisotopic (exact) mass is 557 g/mol. The van der Waals surface area contributed by atoms with Gasteiger partial charge in [0.1, 0.15) is 12.6 Å². The van der Waals surface area contributed by atoms with Gasteiger partial charge in [0.2, 0.25) is 11.8 Å². The second-order valence-corrected chi connectivity index (χ2v) is 10.9. The van der Waals surface area contributed by atoms with Crippen molar-refractivity contribution in [3.63, 3.8) is 0 Å². The van der Waals surface area contributed by atoms with Crippen molar-refractivity contribution < 1.29 is 18.0 Å². The molecule has 3 aromatic carbocycles. The number of hydrogen-bond acceptors (Lipinski definition) is 4. The van der Waals surface area contributed by atoms with Crippen LogP contribution < -0.4 is 9.62 Å². The van der Waals surface area contributed by atoms with Crippen LogP contribution >= 0.6 is 15.9 Å². The number of nitrogens with zero attached hydrogens (tertiary/aromatic N) is 2. The lowest BCUT2D eigenvalue weighted by Crippen LogP contribution is -2.50. The number of hydrogen-bond donors (Lipinski definition) is 1. The van der Waals surface area contributed by atoms with Crippen LogP contribution in [-0.2, 0) is 26.2 Å². The van der Waals surface area contributed by atoms with E-state index in [1.54, 1.807) is 49.4 Å². The summed E-state index contributed by atoms with van der Waals surface area (Å²) >= 11 is 3.39. The zero-order valence-corrected chi connectivity index (χ0v) is 22.2. The Morgan fingerprint density at radius 1 is 0.943 bits per heavy atom. The van der Waals surface area contributed by atoms with Gasteiger partial charge >= 0.3 is 0 Å². The van der Waals surface area contributed by atoms with Gasteiger partial charge in [0, 0.05) is 18.1 Å². The zero-order valence-electron chi connectivity index (χ0n) is 19.8. The van der Waals surface area contributed by atoms with E-state index in [1.807, 2.05) is 31.2 Å². The average Bonchev–Trinajstić information content (AvgIpc) is 2.86. The molecule has 0 aliphatic carbocycles. The lowest BCUT2D eigenvalue weighted by Gasteiger charge is -2.31. The number of anilines is 1. The van der Waals surface area contributed by atoms with Crippen molar-refractivity contribution in [2.24, 2.45) is 0 Å². The van der Waals surface area contributed by atoms with Gasteiger partial charge in [-0.2, -0.15) is 0 Å². The number of nitrogens with one attached hydrogen (secondary N) is 1. The normalized spacial score (nSPS) is 12.0. The van der Waals surface area contributed by atoms with Gasteiger partial charge in [-0.05, 0) is 55.8 Å². The van der Waals surface area contributed by atoms with Gasteiger partial charge in [0.05, 0.1) is 10.6 Å². The number of benzene rings is 3. The number of para-hydroxylation sites is 1. The molecule has 184 valence electrons. The van der Waals surface area contributed by atoms with Crippen molar-refractivity contribution in [3.8, 4) is 0 Å². The third-order valence-corrected chi connectivity index (χ3v) is 7.93. The SMILES string of the molecule is CNC(=O)[C@H](C)N(Cc1ccc(Br)cc1)C(=O)CN(c1ccccc1)S(=O)(=O)c1ccc(C)cc1. The topological polar surface area (TPSA) is 86.8 Å². The Labute approximate surface area is 214 Å². The van der Waals surface area contributed by atoms with E-state index in [-0.39, 0.29) is 17.3 Å². The van der Waals surface area contributed by atoms with Crippen molar-refractivity contribution >= 4 is 43.5 Å². The summed E-state index contributed by atoms with van der Waals surface area (Å²) < 4.78 is 29.2. The van der Waals surface area contributed by atoms with E-state index in [1.165, 1.54) is 24.1 Å². The summed E-state index contributed by atoms with van der Waals surface area (Å²) in [5.74, 6) is -0.841. The molecule has 3 rings (SSSR count). The maximum atomic E-state index is 13.6. The molecule has 0 saturated heterocycles. The Bertz CT molecular complexity index is 1260. The average molecular weight is 558 g/mol. The fourth-order valence-electron chi connectivity index (χ4n) is 3.54. The van der Waals surface area contributed by atoms with E-state index in [4.69, 9.17) is 0 Å². The Balaban J connectivity index is 1.99. The first-order valence-electron chi connectivity index (χ1n) is 11.0. The number of likely N-dealkylation sites (N-methyl/N-ethyl adjacent to an activating group) is 1. The van der Waals surface area contributed by atoms with E-state index in [9.17, 15) is 18.0 Å². The van der Waals surface area contributed by atoms with Crippen LogP contribution in [0.2, 0.25) is 0 Å². The van der Waals surface area contributed by atoms with E-state index < -0.39 is 28.5 Å². The summed E-state index contributed by atoms with van der Waals surface area (Å²) in [5.41, 5.74) is 2.09. The van der Waals surface area contributed by atoms with E-state index in [0.29, 0.717) is 5.69 Å². The van der Waals surface area contributed by atoms with Gasteiger partial charge in [-0.3, -0.25) is 13.9 Å². The Morgan fingerprint density at radius 3 is 2.11 bits per heavy atom. The van der Waals surface area contributed by atoms with Crippen LogP contribution in [0.1, 0.15) is 18.1 Å². The fourth-order valence-corrected chi connectivity index (χ4v) is 5.22. The van der Waals surface area contributed by atoms with Crippen molar-refractivity contribution in [2.45, 2.75) is 31.3 Å². The smallest absolute Gasteiger partial charge is 0.264 e. The standard InChI is InChI=1S/C26H28BrN3O4S/c1-19-9-15-24(16-10-19)35(33,34)30(23-7-5-4-6-8-23)18-25(31)29(20(2)26(32)28-3)17-21-11-13-22(27)14-12-21/h4-16,20H,17-18H2,1-3H3,(H,28,32)/t20-/m0/s1. The Kier molecular flexibility index (Phi) is 8.69. The molecular formula is C26H28BrN3O4S. The van der Waals surface area contributed by atoms with Gasteiger partial charge in [0.15, 0.2) is 0 Å². The molecule has 35 heavy (non-hydrogen) atoms. The highest BCUT2D eigenvalue weighted by Crippen LogP contribution is 2.24. The molecule has 0 unspecified atom stereocenters. The zero-order chi connectivity index (χ0) is 25.6. The molecule has 1 N–H and O–H groups in total. The van der Waals surface area contributed by atoms with E-state index >= 15 is 0 Å². The predicted molar refractivity (Wildman–Crippen MR) is 140 cm³/mol. The summed E-state index contributed by atoms with van der Waals surface area (Å²) in [7, 11) is -2.55. The summed E-state index contributed by atoms with van der Waals surface area (Å²) in [6.45, 7) is 3.18. The number of carbonyl (C=O) groups excluding carboxylic acids is 2. The molecule has 0 bridgehead atoms. The number of rotatable bonds is 9. The highest BCUT2D eigenvalue weighted by atomic mass is 79.9. The molecular weight excluding hydrogens is 530 g/mol. The lowest BCUT2D eigenvalue weighted by atomic mass is 10.1. The van der Waals surface area contributed by atoms with E-state index in [2.05, 4.69) is 21.2 Å². The second-order valence-electron chi connectivity index (χ2n) is 8.10. The maximum absolute atomic E-state index is 13.6. The van der Waals surface area contributed by atoms with Crippen LogP contribution in [0.3, 0.4) is 0 Å². The summed E-state index contributed by atoms with van der Waals surface area (Å²) in [6, 6.07) is 21.5. The van der Waals surface area contributed by atoms with Gasteiger partial charge < -0.3 is 10.2 Å². The molecule has 0 spiro atoms. The quantitative estimate of drug-likeness (QED) is 0.428. The predicted octanol–water partition coefficient (Wildman–Crippen LogP) is 4.12. The van der Waals surface area contributed by atoms with Crippen molar-refractivity contribution in [2.75, 3.05) is 17.9 Å². The maximum Gasteiger partial charge on any atom is 0.264 e. The van der Waals surface area contributed by atoms with E-state index in [0.717, 1.165) is 19.9 Å². The molecule has 0 heterocycles. The third kappa shape index (κ3) is 6.49. The van der Waals surface area contributed by atoms with Crippen LogP contribution in [0.5, 0.6) is 0 Å². The molecule has 0 radical (unpaired) electrons. The molecule has 2 amide bonds. The van der Waals surface area contributed by atoms with Crippen molar-refractivity contribution in [3.05, 3.63) is 94.5 Å². The van der Waals surface area contributed by atoms with Crippen molar-refractivity contribution in [1.82, 2.24) is 10.2 Å². The number of carbonyl (C=O) groups is 2. The Hall–Kier alpha value is -3.17. The van der Waals surface area contributed by atoms with Crippen LogP contribution in [0.25, 0.3) is 0 Å². The molecule has 0 fully saturated rings. The first kappa shape index (κ1) is 26.4. The van der Waals surface area contributed by atoms with Crippen LogP contribution in [-0.4, -0.2) is 44.8 Å². The molecule has 3 aromatic rings. The third-order valence-electron chi connectivity index (χ3n) is 5.61. The number of aryl methyl sites for hydroxylation is 1. The molecule has 0 aliphatic heterocycles. The number of halogens is 1. The Morgan fingerprint density at radius 2 is 1.54 bits per heavy atom. The molecule has 7 nitrogen and oxygen atoms in total. The first-order chi connectivity index (χ1) is 16.6. The largest absolute Gasteiger partial charge is 0.357 e.